The molecule has 0 saturated carbocycles. The zero-order valence-electron chi connectivity index (χ0n) is 18.0. The van der Waals surface area contributed by atoms with Crippen molar-refractivity contribution in [1.82, 2.24) is 4.31 Å². The lowest BCUT2D eigenvalue weighted by Crippen LogP contribution is -2.42. The highest BCUT2D eigenvalue weighted by Gasteiger charge is 2.46. The molecule has 1 saturated heterocycles. The zero-order chi connectivity index (χ0) is 22.5. The number of aliphatic hydroxyl groups excluding tert-OH is 1. The largest absolute Gasteiger partial charge is 0.394 e. The first-order chi connectivity index (χ1) is 15.4. The lowest BCUT2D eigenvalue weighted by Gasteiger charge is -2.40. The van der Waals surface area contributed by atoms with Gasteiger partial charge in [-0.15, -0.1) is 0 Å². The van der Waals surface area contributed by atoms with Gasteiger partial charge in [-0.05, 0) is 60.7 Å². The fraction of sp³-hybridized carbons (Fsp3) is 0.269. The van der Waals surface area contributed by atoms with E-state index < -0.39 is 9.71 Å². The maximum Gasteiger partial charge on any atom is 0.131 e. The molecule has 166 valence electrons. The first kappa shape index (κ1) is 21.2. The third-order valence-electron chi connectivity index (χ3n) is 6.78. The second-order valence-corrected chi connectivity index (χ2v) is 10.9. The van der Waals surface area contributed by atoms with E-state index in [-0.39, 0.29) is 30.4 Å². The Morgan fingerprint density at radius 3 is 2.62 bits per heavy atom. The average Bonchev–Trinajstić information content (AvgIpc) is 3.25. The molecule has 5 rings (SSSR count). The van der Waals surface area contributed by atoms with Gasteiger partial charge in [-0.1, -0.05) is 42.0 Å². The molecule has 0 aromatic heterocycles. The number of anilines is 1. The van der Waals surface area contributed by atoms with Crippen LogP contribution in [0, 0.1) is 18.7 Å². The standard InChI is InChI=1S/C26H27FN2O2S/c1-17-7-10-19(11-8-17)32(2,31)29-14-13-21-25(16-30)28-24-12-9-18(15-22(24)26(21)29)20-5-3-4-6-23(20)27/h3-12,15,21,25-26,28,30H,2,13-14,16H2,1H3/t21?,25-,26?,32?/m0/s1. The first-order valence-corrected chi connectivity index (χ1v) is 12.6. The smallest absolute Gasteiger partial charge is 0.131 e. The molecule has 2 aliphatic heterocycles. The fourth-order valence-corrected chi connectivity index (χ4v) is 6.97. The van der Waals surface area contributed by atoms with Crippen LogP contribution in [0.3, 0.4) is 0 Å². The van der Waals surface area contributed by atoms with E-state index >= 15 is 0 Å². The molecule has 2 heterocycles. The third-order valence-corrected chi connectivity index (χ3v) is 8.95. The summed E-state index contributed by atoms with van der Waals surface area (Å²) in [7, 11) is -2.74. The minimum absolute atomic E-state index is 0.00756. The summed E-state index contributed by atoms with van der Waals surface area (Å²) in [5.74, 6) is 3.98. The van der Waals surface area contributed by atoms with Crippen LogP contribution in [0.25, 0.3) is 11.1 Å². The van der Waals surface area contributed by atoms with E-state index in [2.05, 4.69) is 11.2 Å². The Labute approximate surface area is 188 Å². The van der Waals surface area contributed by atoms with Gasteiger partial charge in [0, 0.05) is 28.6 Å². The Morgan fingerprint density at radius 1 is 1.16 bits per heavy atom. The van der Waals surface area contributed by atoms with Gasteiger partial charge < -0.3 is 10.4 Å². The topological polar surface area (TPSA) is 52.6 Å². The van der Waals surface area contributed by atoms with E-state index in [1.54, 1.807) is 12.1 Å². The number of rotatable bonds is 4. The second-order valence-electron chi connectivity index (χ2n) is 8.71. The molecule has 0 aliphatic carbocycles. The van der Waals surface area contributed by atoms with Gasteiger partial charge in [0.25, 0.3) is 0 Å². The minimum Gasteiger partial charge on any atom is -0.394 e. The number of halogens is 1. The van der Waals surface area contributed by atoms with Crippen molar-refractivity contribution in [3.8, 4) is 11.1 Å². The van der Waals surface area contributed by atoms with Crippen LogP contribution < -0.4 is 5.32 Å². The maximum atomic E-state index is 14.5. The molecule has 6 heteroatoms. The number of fused-ring (bicyclic) bond motifs is 3. The Hall–Kier alpha value is -2.67. The van der Waals surface area contributed by atoms with Crippen LogP contribution in [0.5, 0.6) is 0 Å². The Bertz CT molecular complexity index is 1260. The molecular formula is C26H27FN2O2S. The molecule has 2 aliphatic rings. The lowest BCUT2D eigenvalue weighted by atomic mass is 9.82. The van der Waals surface area contributed by atoms with Gasteiger partial charge in [0.1, 0.15) is 5.82 Å². The highest BCUT2D eigenvalue weighted by atomic mass is 32.2. The van der Waals surface area contributed by atoms with Gasteiger partial charge in [0.05, 0.1) is 28.4 Å². The highest BCUT2D eigenvalue weighted by molar-refractivity contribution is 7.98. The normalized spacial score (nSPS) is 24.3. The predicted molar refractivity (Wildman–Crippen MR) is 129 cm³/mol. The lowest BCUT2D eigenvalue weighted by molar-refractivity contribution is 0.212. The zero-order valence-corrected chi connectivity index (χ0v) is 18.8. The van der Waals surface area contributed by atoms with E-state index in [4.69, 9.17) is 0 Å². The number of benzene rings is 3. The molecule has 3 aromatic rings. The summed E-state index contributed by atoms with van der Waals surface area (Å²) < 4.78 is 30.5. The van der Waals surface area contributed by atoms with Crippen molar-refractivity contribution in [1.29, 1.82) is 0 Å². The molecule has 4 atom stereocenters. The molecule has 3 unspecified atom stereocenters. The summed E-state index contributed by atoms with van der Waals surface area (Å²) in [5, 5.41) is 13.5. The fourth-order valence-electron chi connectivity index (χ4n) is 5.10. The number of aliphatic hydroxyl groups is 1. The van der Waals surface area contributed by atoms with Crippen molar-refractivity contribution >= 4 is 21.3 Å². The van der Waals surface area contributed by atoms with Gasteiger partial charge in [0.15, 0.2) is 0 Å². The van der Waals surface area contributed by atoms with E-state index in [0.717, 1.165) is 28.8 Å². The van der Waals surface area contributed by atoms with Crippen LogP contribution in [-0.2, 0) is 9.71 Å². The maximum absolute atomic E-state index is 14.5. The third kappa shape index (κ3) is 3.43. The Morgan fingerprint density at radius 2 is 1.91 bits per heavy atom. The van der Waals surface area contributed by atoms with Crippen molar-refractivity contribution in [2.45, 2.75) is 30.3 Å². The molecule has 2 N–H and O–H groups in total. The van der Waals surface area contributed by atoms with Crippen molar-refractivity contribution in [3.63, 3.8) is 0 Å². The monoisotopic (exact) mass is 450 g/mol. The molecule has 32 heavy (non-hydrogen) atoms. The molecule has 0 amide bonds. The molecule has 0 bridgehead atoms. The Balaban J connectivity index is 1.62. The van der Waals surface area contributed by atoms with Crippen LogP contribution in [0.15, 0.2) is 71.6 Å². The SMILES string of the molecule is C=S(=O)(c1ccc(C)cc1)N1CCC2C1c1cc(-c3ccccc3F)ccc1N[C@H]2CO. The van der Waals surface area contributed by atoms with Crippen LogP contribution in [-0.4, -0.2) is 38.7 Å². The highest BCUT2D eigenvalue weighted by Crippen LogP contribution is 2.49. The van der Waals surface area contributed by atoms with Crippen LogP contribution in [0.1, 0.15) is 23.6 Å². The summed E-state index contributed by atoms with van der Waals surface area (Å²) in [6.45, 7) is 2.61. The molecule has 0 radical (unpaired) electrons. The minimum atomic E-state index is -2.74. The van der Waals surface area contributed by atoms with Crippen molar-refractivity contribution in [2.75, 3.05) is 18.5 Å². The average molecular weight is 451 g/mol. The van der Waals surface area contributed by atoms with Gasteiger partial charge in [-0.2, -0.15) is 0 Å². The summed E-state index contributed by atoms with van der Waals surface area (Å²) in [5.41, 5.74) is 4.28. The summed E-state index contributed by atoms with van der Waals surface area (Å²) in [6, 6.07) is 19.9. The van der Waals surface area contributed by atoms with Crippen molar-refractivity contribution < 1.29 is 13.7 Å². The number of nitrogens with one attached hydrogen (secondary N) is 1. The van der Waals surface area contributed by atoms with Gasteiger partial charge >= 0.3 is 0 Å². The summed E-state index contributed by atoms with van der Waals surface area (Å²) in [6.07, 6.45) is 0.796. The van der Waals surface area contributed by atoms with E-state index in [0.29, 0.717) is 17.0 Å². The molecule has 3 aromatic carbocycles. The van der Waals surface area contributed by atoms with E-state index in [1.165, 1.54) is 6.07 Å². The molecule has 1 fully saturated rings. The molecular weight excluding hydrogens is 423 g/mol. The van der Waals surface area contributed by atoms with E-state index in [1.807, 2.05) is 59.8 Å². The van der Waals surface area contributed by atoms with Crippen LogP contribution >= 0.6 is 0 Å². The number of nitrogens with zero attached hydrogens (tertiary/aromatic N) is 1. The molecule has 0 spiro atoms. The van der Waals surface area contributed by atoms with E-state index in [9.17, 15) is 13.7 Å². The summed E-state index contributed by atoms with van der Waals surface area (Å²) >= 11 is 0. The van der Waals surface area contributed by atoms with Gasteiger partial charge in [-0.3, -0.25) is 0 Å². The summed E-state index contributed by atoms with van der Waals surface area (Å²) in [4.78, 5) is 0.703. The first-order valence-electron chi connectivity index (χ1n) is 10.9. The van der Waals surface area contributed by atoms with Crippen molar-refractivity contribution in [3.05, 3.63) is 83.7 Å². The van der Waals surface area contributed by atoms with Gasteiger partial charge in [-0.25, -0.2) is 12.9 Å². The molecule has 4 nitrogen and oxygen atoms in total. The quantitative estimate of drug-likeness (QED) is 0.570. The van der Waals surface area contributed by atoms with Crippen LogP contribution in [0.4, 0.5) is 10.1 Å². The Kier molecular flexibility index (Phi) is 5.32. The number of hydrogen-bond acceptors (Lipinski definition) is 3. The van der Waals surface area contributed by atoms with Crippen LogP contribution in [0.2, 0.25) is 0 Å². The number of aryl methyl sites for hydroxylation is 1. The second kappa shape index (κ2) is 8.03. The predicted octanol–water partition coefficient (Wildman–Crippen LogP) is 4.64. The van der Waals surface area contributed by atoms with Gasteiger partial charge in [0.2, 0.25) is 0 Å². The number of hydrogen-bond donors (Lipinski definition) is 2. The van der Waals surface area contributed by atoms with Crippen molar-refractivity contribution in [2.24, 2.45) is 5.92 Å².